The van der Waals surface area contributed by atoms with Crippen LogP contribution >= 0.6 is 0 Å². The topological polar surface area (TPSA) is 46.9 Å². The lowest BCUT2D eigenvalue weighted by Gasteiger charge is -2.14. The number of hydrogen-bond donors (Lipinski definition) is 1. The predicted molar refractivity (Wildman–Crippen MR) is 72.4 cm³/mol. The van der Waals surface area contributed by atoms with Gasteiger partial charge in [0.1, 0.15) is 5.82 Å². The molecule has 0 spiro atoms. The molecule has 1 aromatic rings. The van der Waals surface area contributed by atoms with Gasteiger partial charge < -0.3 is 5.32 Å². The van der Waals surface area contributed by atoms with Crippen LogP contribution in [0.3, 0.4) is 0 Å². The van der Waals surface area contributed by atoms with E-state index in [0.717, 1.165) is 12.2 Å². The largest absolute Gasteiger partial charge is 0.311 e. The first-order valence-corrected chi connectivity index (χ1v) is 7.00. The molecule has 1 fully saturated rings. The molecule has 100 valence electrons. The molecule has 0 radical (unpaired) electrons. The second-order valence-electron chi connectivity index (χ2n) is 5.58. The quantitative estimate of drug-likeness (QED) is 0.869. The summed E-state index contributed by atoms with van der Waals surface area (Å²) in [5, 5.41) is 7.33. The number of carbonyl (C=O) groups excluding carboxylic acids is 1. The van der Waals surface area contributed by atoms with Crippen LogP contribution in [-0.4, -0.2) is 15.7 Å². The first-order chi connectivity index (χ1) is 8.66. The molecule has 1 heterocycles. The Bertz CT molecular complexity index is 391. The fourth-order valence-electron chi connectivity index (χ4n) is 2.48. The van der Waals surface area contributed by atoms with Crippen molar-refractivity contribution in [2.24, 2.45) is 5.92 Å². The smallest absolute Gasteiger partial charge is 0.225 e. The molecule has 1 saturated carbocycles. The van der Waals surface area contributed by atoms with Crippen LogP contribution in [0.4, 0.5) is 5.82 Å². The molecule has 1 amide bonds. The molecule has 1 aliphatic rings. The van der Waals surface area contributed by atoms with Crippen molar-refractivity contribution in [3.63, 3.8) is 0 Å². The summed E-state index contributed by atoms with van der Waals surface area (Å²) in [5.41, 5.74) is 0. The molecule has 2 rings (SSSR count). The monoisotopic (exact) mass is 249 g/mol. The van der Waals surface area contributed by atoms with E-state index in [-0.39, 0.29) is 5.91 Å². The zero-order chi connectivity index (χ0) is 13.0. The lowest BCUT2D eigenvalue weighted by Crippen LogP contribution is -2.17. The van der Waals surface area contributed by atoms with Gasteiger partial charge in [-0.3, -0.25) is 4.79 Å². The molecular weight excluding hydrogens is 226 g/mol. The fraction of sp³-hybridized carbons (Fsp3) is 0.714. The zero-order valence-corrected chi connectivity index (χ0v) is 11.4. The standard InChI is InChI=1S/C14H23N3O/c1-11(2)7-8-14(18)16-13-9-10-15-17(13)12-5-3-4-6-12/h9-12H,3-8H2,1-2H3,(H,16,18). The van der Waals surface area contributed by atoms with Crippen molar-refractivity contribution in [1.82, 2.24) is 9.78 Å². The summed E-state index contributed by atoms with van der Waals surface area (Å²) in [7, 11) is 0. The van der Waals surface area contributed by atoms with Gasteiger partial charge in [-0.05, 0) is 25.2 Å². The van der Waals surface area contributed by atoms with Crippen LogP contribution in [0.25, 0.3) is 0 Å². The SMILES string of the molecule is CC(C)CCC(=O)Nc1ccnn1C1CCCC1. The van der Waals surface area contributed by atoms with Crippen LogP contribution in [0.5, 0.6) is 0 Å². The highest BCUT2D eigenvalue weighted by molar-refractivity contribution is 5.89. The van der Waals surface area contributed by atoms with Gasteiger partial charge in [-0.15, -0.1) is 0 Å². The van der Waals surface area contributed by atoms with E-state index in [2.05, 4.69) is 24.3 Å². The molecule has 0 unspecified atom stereocenters. The summed E-state index contributed by atoms with van der Waals surface area (Å²) in [4.78, 5) is 11.8. The van der Waals surface area contributed by atoms with Gasteiger partial charge in [-0.2, -0.15) is 5.10 Å². The van der Waals surface area contributed by atoms with Crippen LogP contribution in [0, 0.1) is 5.92 Å². The number of nitrogens with zero attached hydrogens (tertiary/aromatic N) is 2. The van der Waals surface area contributed by atoms with E-state index in [0.29, 0.717) is 18.4 Å². The van der Waals surface area contributed by atoms with Gasteiger partial charge in [0.05, 0.1) is 12.2 Å². The van der Waals surface area contributed by atoms with Crippen molar-refractivity contribution >= 4 is 11.7 Å². The molecular formula is C14H23N3O. The van der Waals surface area contributed by atoms with Crippen molar-refractivity contribution < 1.29 is 4.79 Å². The molecule has 18 heavy (non-hydrogen) atoms. The van der Waals surface area contributed by atoms with E-state index in [4.69, 9.17) is 0 Å². The number of hydrogen-bond acceptors (Lipinski definition) is 2. The van der Waals surface area contributed by atoms with Crippen molar-refractivity contribution in [2.75, 3.05) is 5.32 Å². The molecule has 0 aromatic carbocycles. The van der Waals surface area contributed by atoms with Gasteiger partial charge in [0.25, 0.3) is 0 Å². The van der Waals surface area contributed by atoms with E-state index in [1.807, 2.05) is 10.7 Å². The maximum Gasteiger partial charge on any atom is 0.225 e. The first kappa shape index (κ1) is 13.1. The summed E-state index contributed by atoms with van der Waals surface area (Å²) in [6.45, 7) is 4.27. The van der Waals surface area contributed by atoms with Crippen molar-refractivity contribution in [2.45, 2.75) is 58.4 Å². The minimum absolute atomic E-state index is 0.100. The van der Waals surface area contributed by atoms with Crippen molar-refractivity contribution in [3.05, 3.63) is 12.3 Å². The number of aromatic nitrogens is 2. The molecule has 1 aliphatic carbocycles. The van der Waals surface area contributed by atoms with Gasteiger partial charge in [0.15, 0.2) is 0 Å². The van der Waals surface area contributed by atoms with Crippen LogP contribution in [0.15, 0.2) is 12.3 Å². The summed E-state index contributed by atoms with van der Waals surface area (Å²) in [5.74, 6) is 1.52. The molecule has 4 heteroatoms. The van der Waals surface area contributed by atoms with Crippen LogP contribution < -0.4 is 5.32 Å². The van der Waals surface area contributed by atoms with Crippen molar-refractivity contribution in [3.8, 4) is 0 Å². The lowest BCUT2D eigenvalue weighted by molar-refractivity contribution is -0.116. The van der Waals surface area contributed by atoms with Gasteiger partial charge in [0.2, 0.25) is 5.91 Å². The Labute approximate surface area is 109 Å². The van der Waals surface area contributed by atoms with Gasteiger partial charge in [0, 0.05) is 12.5 Å². The van der Waals surface area contributed by atoms with E-state index in [9.17, 15) is 4.79 Å². The Morgan fingerprint density at radius 3 is 2.89 bits per heavy atom. The summed E-state index contributed by atoms with van der Waals surface area (Å²) < 4.78 is 1.99. The summed E-state index contributed by atoms with van der Waals surface area (Å²) in [6.07, 6.45) is 8.19. The highest BCUT2D eigenvalue weighted by Crippen LogP contribution is 2.31. The number of rotatable bonds is 5. The average molecular weight is 249 g/mol. The fourth-order valence-corrected chi connectivity index (χ4v) is 2.48. The lowest BCUT2D eigenvalue weighted by atomic mass is 10.1. The number of nitrogens with one attached hydrogen (secondary N) is 1. The van der Waals surface area contributed by atoms with Gasteiger partial charge in [-0.25, -0.2) is 4.68 Å². The minimum atomic E-state index is 0.100. The second kappa shape index (κ2) is 6.03. The van der Waals surface area contributed by atoms with Crippen LogP contribution in [0.1, 0.15) is 58.4 Å². The first-order valence-electron chi connectivity index (χ1n) is 7.00. The average Bonchev–Trinajstić information content (AvgIpc) is 2.95. The van der Waals surface area contributed by atoms with Crippen LogP contribution in [0.2, 0.25) is 0 Å². The maximum absolute atomic E-state index is 11.8. The van der Waals surface area contributed by atoms with E-state index >= 15 is 0 Å². The van der Waals surface area contributed by atoms with E-state index < -0.39 is 0 Å². The maximum atomic E-state index is 11.8. The third-order valence-electron chi connectivity index (χ3n) is 3.56. The Hall–Kier alpha value is -1.32. The molecule has 4 nitrogen and oxygen atoms in total. The molecule has 0 bridgehead atoms. The van der Waals surface area contributed by atoms with Gasteiger partial charge >= 0.3 is 0 Å². The Kier molecular flexibility index (Phi) is 4.39. The Morgan fingerprint density at radius 1 is 1.50 bits per heavy atom. The second-order valence-corrected chi connectivity index (χ2v) is 5.58. The summed E-state index contributed by atoms with van der Waals surface area (Å²) in [6, 6.07) is 2.37. The third-order valence-corrected chi connectivity index (χ3v) is 3.56. The molecule has 0 aliphatic heterocycles. The highest BCUT2D eigenvalue weighted by atomic mass is 16.1. The zero-order valence-electron chi connectivity index (χ0n) is 11.4. The molecule has 1 N–H and O–H groups in total. The number of anilines is 1. The number of carbonyl (C=O) groups is 1. The molecule has 0 saturated heterocycles. The Morgan fingerprint density at radius 2 is 2.22 bits per heavy atom. The van der Waals surface area contributed by atoms with Crippen LogP contribution in [-0.2, 0) is 4.79 Å². The molecule has 0 atom stereocenters. The predicted octanol–water partition coefficient (Wildman–Crippen LogP) is 3.37. The normalized spacial score (nSPS) is 16.4. The van der Waals surface area contributed by atoms with Crippen molar-refractivity contribution in [1.29, 1.82) is 0 Å². The molecule has 1 aromatic heterocycles. The number of amides is 1. The summed E-state index contributed by atoms with van der Waals surface area (Å²) >= 11 is 0. The van der Waals surface area contributed by atoms with Gasteiger partial charge in [-0.1, -0.05) is 26.7 Å². The van der Waals surface area contributed by atoms with E-state index in [1.165, 1.54) is 25.7 Å². The highest BCUT2D eigenvalue weighted by Gasteiger charge is 2.20. The third kappa shape index (κ3) is 3.34. The Balaban J connectivity index is 1.92. The van der Waals surface area contributed by atoms with E-state index in [1.54, 1.807) is 6.20 Å². The minimum Gasteiger partial charge on any atom is -0.311 e.